The molecule has 0 heterocycles. The van der Waals surface area contributed by atoms with Gasteiger partial charge in [0.15, 0.2) is 0 Å². The molecule has 3 N–H and O–H groups in total. The fourth-order valence-electron chi connectivity index (χ4n) is 1.66. The van der Waals surface area contributed by atoms with E-state index in [0.717, 1.165) is 17.1 Å². The topological polar surface area (TPSA) is 56.5 Å². The van der Waals surface area contributed by atoms with Crippen LogP contribution in [-0.2, 0) is 0 Å². The van der Waals surface area contributed by atoms with Gasteiger partial charge in [-0.25, -0.2) is 0 Å². The van der Waals surface area contributed by atoms with Gasteiger partial charge in [0.2, 0.25) is 0 Å². The number of nitrogens with one attached hydrogen (secondary N) is 1. The molecule has 0 bridgehead atoms. The van der Waals surface area contributed by atoms with Gasteiger partial charge in [-0.15, -0.1) is 0 Å². The van der Waals surface area contributed by atoms with Crippen molar-refractivity contribution in [3.63, 3.8) is 0 Å². The van der Waals surface area contributed by atoms with E-state index in [-0.39, 0.29) is 0 Å². The van der Waals surface area contributed by atoms with Crippen molar-refractivity contribution in [3.05, 3.63) is 42.5 Å². The number of ether oxygens (including phenoxy) is 2. The van der Waals surface area contributed by atoms with E-state index in [0.29, 0.717) is 11.4 Å². The molecule has 2 aromatic rings. The lowest BCUT2D eigenvalue weighted by molar-refractivity contribution is 0.395. The van der Waals surface area contributed by atoms with Gasteiger partial charge >= 0.3 is 0 Å². The normalized spacial score (nSPS) is 9.89. The monoisotopic (exact) mass is 244 g/mol. The molecule has 0 atom stereocenters. The van der Waals surface area contributed by atoms with Crippen molar-refractivity contribution in [2.75, 3.05) is 25.3 Å². The minimum Gasteiger partial charge on any atom is -0.497 e. The first-order valence-corrected chi connectivity index (χ1v) is 5.58. The van der Waals surface area contributed by atoms with E-state index in [1.165, 1.54) is 0 Å². The second-order valence-corrected chi connectivity index (χ2v) is 3.78. The molecule has 94 valence electrons. The Balaban J connectivity index is 2.32. The maximum atomic E-state index is 5.89. The van der Waals surface area contributed by atoms with Crippen LogP contribution in [0.2, 0.25) is 0 Å². The van der Waals surface area contributed by atoms with E-state index in [1.807, 2.05) is 42.5 Å². The van der Waals surface area contributed by atoms with Crippen LogP contribution in [0.25, 0.3) is 0 Å². The van der Waals surface area contributed by atoms with Gasteiger partial charge in [0.05, 0.1) is 31.3 Å². The average Bonchev–Trinajstić information content (AvgIpc) is 2.41. The van der Waals surface area contributed by atoms with Crippen molar-refractivity contribution in [1.29, 1.82) is 0 Å². The highest BCUT2D eigenvalue weighted by Gasteiger charge is 2.06. The minimum atomic E-state index is 0.690. The van der Waals surface area contributed by atoms with E-state index >= 15 is 0 Å². The van der Waals surface area contributed by atoms with E-state index in [9.17, 15) is 0 Å². The first-order valence-electron chi connectivity index (χ1n) is 5.58. The van der Waals surface area contributed by atoms with Crippen LogP contribution in [0, 0.1) is 0 Å². The maximum absolute atomic E-state index is 5.89. The minimum absolute atomic E-state index is 0.690. The summed E-state index contributed by atoms with van der Waals surface area (Å²) in [4.78, 5) is 0. The molecular formula is C14H16N2O2. The summed E-state index contributed by atoms with van der Waals surface area (Å²) in [7, 11) is 3.24. The zero-order valence-electron chi connectivity index (χ0n) is 10.4. The molecule has 0 spiro atoms. The van der Waals surface area contributed by atoms with E-state index in [1.54, 1.807) is 14.2 Å². The molecule has 4 nitrogen and oxygen atoms in total. The summed E-state index contributed by atoms with van der Waals surface area (Å²) in [6, 6.07) is 13.2. The predicted octanol–water partition coefficient (Wildman–Crippen LogP) is 3.03. The number of anilines is 3. The number of nitrogen functional groups attached to an aromatic ring is 1. The SMILES string of the molecule is COc1ccc(Nc2ccccc2N)c(OC)c1. The van der Waals surface area contributed by atoms with Crippen LogP contribution in [0.3, 0.4) is 0 Å². The molecule has 0 saturated heterocycles. The van der Waals surface area contributed by atoms with Crippen molar-refractivity contribution in [2.45, 2.75) is 0 Å². The van der Waals surface area contributed by atoms with Gasteiger partial charge in [-0.3, -0.25) is 0 Å². The van der Waals surface area contributed by atoms with E-state index in [2.05, 4.69) is 5.32 Å². The summed E-state index contributed by atoms with van der Waals surface area (Å²) in [5.41, 5.74) is 8.27. The van der Waals surface area contributed by atoms with Gasteiger partial charge < -0.3 is 20.5 Å². The number of para-hydroxylation sites is 2. The van der Waals surface area contributed by atoms with Crippen LogP contribution < -0.4 is 20.5 Å². The Morgan fingerprint density at radius 3 is 2.39 bits per heavy atom. The zero-order chi connectivity index (χ0) is 13.0. The Morgan fingerprint density at radius 1 is 0.944 bits per heavy atom. The van der Waals surface area contributed by atoms with Gasteiger partial charge in [-0.05, 0) is 24.3 Å². The summed E-state index contributed by atoms with van der Waals surface area (Å²) >= 11 is 0. The first-order chi connectivity index (χ1) is 8.74. The zero-order valence-corrected chi connectivity index (χ0v) is 10.4. The number of nitrogens with two attached hydrogens (primary N) is 1. The lowest BCUT2D eigenvalue weighted by Crippen LogP contribution is -1.98. The number of hydrogen-bond donors (Lipinski definition) is 2. The second kappa shape index (κ2) is 5.31. The number of methoxy groups -OCH3 is 2. The van der Waals surface area contributed by atoms with E-state index < -0.39 is 0 Å². The lowest BCUT2D eigenvalue weighted by atomic mass is 10.2. The van der Waals surface area contributed by atoms with Gasteiger partial charge in [0, 0.05) is 6.07 Å². The quantitative estimate of drug-likeness (QED) is 0.812. The number of rotatable bonds is 4. The van der Waals surface area contributed by atoms with Crippen LogP contribution in [0.4, 0.5) is 17.1 Å². The van der Waals surface area contributed by atoms with Crippen LogP contribution >= 0.6 is 0 Å². The third kappa shape index (κ3) is 2.48. The second-order valence-electron chi connectivity index (χ2n) is 3.78. The number of hydrogen-bond acceptors (Lipinski definition) is 4. The fourth-order valence-corrected chi connectivity index (χ4v) is 1.66. The van der Waals surface area contributed by atoms with Crippen molar-refractivity contribution >= 4 is 17.1 Å². The third-order valence-electron chi connectivity index (χ3n) is 2.64. The fraction of sp³-hybridized carbons (Fsp3) is 0.143. The Labute approximate surface area is 106 Å². The van der Waals surface area contributed by atoms with Crippen LogP contribution in [0.1, 0.15) is 0 Å². The van der Waals surface area contributed by atoms with Crippen molar-refractivity contribution in [3.8, 4) is 11.5 Å². The molecule has 2 rings (SSSR count). The highest BCUT2D eigenvalue weighted by Crippen LogP contribution is 2.32. The molecule has 0 amide bonds. The first kappa shape index (κ1) is 12.1. The van der Waals surface area contributed by atoms with Gasteiger partial charge in [-0.1, -0.05) is 12.1 Å². The molecule has 4 heteroatoms. The highest BCUT2D eigenvalue weighted by molar-refractivity contribution is 5.75. The maximum Gasteiger partial charge on any atom is 0.145 e. The summed E-state index contributed by atoms with van der Waals surface area (Å²) in [6.45, 7) is 0. The Morgan fingerprint density at radius 2 is 1.72 bits per heavy atom. The predicted molar refractivity (Wildman–Crippen MR) is 73.7 cm³/mol. The summed E-state index contributed by atoms with van der Waals surface area (Å²) in [5.74, 6) is 1.45. The Kier molecular flexibility index (Phi) is 3.57. The largest absolute Gasteiger partial charge is 0.497 e. The summed E-state index contributed by atoms with van der Waals surface area (Å²) in [5, 5.41) is 3.24. The molecular weight excluding hydrogens is 228 g/mol. The van der Waals surface area contributed by atoms with Crippen molar-refractivity contribution < 1.29 is 9.47 Å². The Hall–Kier alpha value is -2.36. The third-order valence-corrected chi connectivity index (χ3v) is 2.64. The molecule has 0 aromatic heterocycles. The van der Waals surface area contributed by atoms with Gasteiger partial charge in [0.1, 0.15) is 11.5 Å². The molecule has 0 aliphatic carbocycles. The molecule has 18 heavy (non-hydrogen) atoms. The van der Waals surface area contributed by atoms with Crippen molar-refractivity contribution in [1.82, 2.24) is 0 Å². The van der Waals surface area contributed by atoms with Gasteiger partial charge in [-0.2, -0.15) is 0 Å². The molecule has 0 radical (unpaired) electrons. The van der Waals surface area contributed by atoms with Crippen LogP contribution in [0.5, 0.6) is 11.5 Å². The van der Waals surface area contributed by atoms with Crippen molar-refractivity contribution in [2.24, 2.45) is 0 Å². The molecule has 0 aliphatic heterocycles. The standard InChI is InChI=1S/C14H16N2O2/c1-17-10-7-8-13(14(9-10)18-2)16-12-6-4-3-5-11(12)15/h3-9,16H,15H2,1-2H3. The average molecular weight is 244 g/mol. The summed E-state index contributed by atoms with van der Waals surface area (Å²) < 4.78 is 10.5. The molecule has 0 fully saturated rings. The molecule has 0 aliphatic rings. The molecule has 0 unspecified atom stereocenters. The number of benzene rings is 2. The van der Waals surface area contributed by atoms with E-state index in [4.69, 9.17) is 15.2 Å². The van der Waals surface area contributed by atoms with Crippen LogP contribution in [-0.4, -0.2) is 14.2 Å². The smallest absolute Gasteiger partial charge is 0.145 e. The molecule has 0 saturated carbocycles. The Bertz CT molecular complexity index is 541. The lowest BCUT2D eigenvalue weighted by Gasteiger charge is -2.13. The highest BCUT2D eigenvalue weighted by atomic mass is 16.5. The van der Waals surface area contributed by atoms with Gasteiger partial charge in [0.25, 0.3) is 0 Å². The summed E-state index contributed by atoms with van der Waals surface area (Å²) in [6.07, 6.45) is 0. The van der Waals surface area contributed by atoms with Crippen LogP contribution in [0.15, 0.2) is 42.5 Å². The molecule has 2 aromatic carbocycles.